The van der Waals surface area contributed by atoms with Crippen molar-refractivity contribution in [1.82, 2.24) is 29.1 Å². The molecule has 0 spiro atoms. The van der Waals surface area contributed by atoms with E-state index in [1.54, 1.807) is 10.7 Å². The summed E-state index contributed by atoms with van der Waals surface area (Å²) >= 11 is 0. The van der Waals surface area contributed by atoms with Crippen LogP contribution < -0.4 is 0 Å². The highest BCUT2D eigenvalue weighted by molar-refractivity contribution is 7.89. The minimum Gasteiger partial charge on any atom is -0.296 e. The molecule has 0 radical (unpaired) electrons. The van der Waals surface area contributed by atoms with E-state index in [0.717, 1.165) is 31.7 Å². The Kier molecular flexibility index (Phi) is 6.73. The van der Waals surface area contributed by atoms with Gasteiger partial charge in [0.1, 0.15) is 5.82 Å². The van der Waals surface area contributed by atoms with Crippen LogP contribution in [0.2, 0.25) is 0 Å². The van der Waals surface area contributed by atoms with Crippen molar-refractivity contribution in [2.75, 3.05) is 38.5 Å². The van der Waals surface area contributed by atoms with Gasteiger partial charge in [0.15, 0.2) is 0 Å². The molecule has 2 aliphatic heterocycles. The Bertz CT molecular complexity index is 1210. The average Bonchev–Trinajstić information content (AvgIpc) is 3.40. The van der Waals surface area contributed by atoms with Crippen LogP contribution in [0.1, 0.15) is 16.8 Å². The molecule has 5 rings (SSSR count). The zero-order chi connectivity index (χ0) is 23.5. The molecule has 0 aliphatic carbocycles. The van der Waals surface area contributed by atoms with E-state index in [2.05, 4.69) is 20.1 Å². The van der Waals surface area contributed by atoms with Crippen molar-refractivity contribution in [3.8, 4) is 0 Å². The van der Waals surface area contributed by atoms with Crippen LogP contribution in [0.25, 0.3) is 0 Å². The molecular weight excluding hydrogens is 455 g/mol. The number of benzene rings is 2. The number of halogens is 1. The number of rotatable bonds is 7. The van der Waals surface area contributed by atoms with Crippen LogP contribution in [-0.4, -0.2) is 82.0 Å². The topological polar surface area (TPSA) is 74.6 Å². The molecule has 1 unspecified atom stereocenters. The Balaban J connectivity index is 1.15. The Morgan fingerprint density at radius 2 is 1.65 bits per heavy atom. The number of nitrogens with zero attached hydrogens (tertiary/aromatic N) is 6. The molecule has 8 nitrogen and oxygen atoms in total. The second-order valence-corrected chi connectivity index (χ2v) is 11.0. The van der Waals surface area contributed by atoms with Crippen LogP contribution in [0.5, 0.6) is 0 Å². The zero-order valence-electron chi connectivity index (χ0n) is 19.0. The Labute approximate surface area is 199 Å². The van der Waals surface area contributed by atoms with Crippen LogP contribution in [0.3, 0.4) is 0 Å². The maximum absolute atomic E-state index is 14.0. The lowest BCUT2D eigenvalue weighted by Crippen LogP contribution is -2.51. The van der Waals surface area contributed by atoms with E-state index in [-0.39, 0.29) is 24.2 Å². The van der Waals surface area contributed by atoms with Crippen LogP contribution in [0.4, 0.5) is 4.39 Å². The fourth-order valence-electron chi connectivity index (χ4n) is 4.73. The molecule has 0 amide bonds. The number of hydrogen-bond donors (Lipinski definition) is 0. The average molecular weight is 485 g/mol. The van der Waals surface area contributed by atoms with Crippen molar-refractivity contribution in [2.45, 2.75) is 25.7 Å². The third kappa shape index (κ3) is 5.35. The maximum Gasteiger partial charge on any atom is 0.216 e. The molecule has 180 valence electrons. The largest absolute Gasteiger partial charge is 0.296 e. The number of piperazine rings is 1. The molecule has 0 saturated carbocycles. The molecule has 0 N–H and O–H groups in total. The van der Waals surface area contributed by atoms with Gasteiger partial charge in [-0.1, -0.05) is 53.7 Å². The Morgan fingerprint density at radius 1 is 0.912 bits per heavy atom. The first-order chi connectivity index (χ1) is 16.5. The van der Waals surface area contributed by atoms with Gasteiger partial charge in [-0.2, -0.15) is 4.31 Å². The molecule has 0 bridgehead atoms. The lowest BCUT2D eigenvalue weighted by molar-refractivity contribution is 0.0959. The fourth-order valence-corrected chi connectivity index (χ4v) is 6.47. The summed E-state index contributed by atoms with van der Waals surface area (Å²) < 4.78 is 42.9. The Morgan fingerprint density at radius 3 is 2.41 bits per heavy atom. The van der Waals surface area contributed by atoms with E-state index in [4.69, 9.17) is 0 Å². The van der Waals surface area contributed by atoms with E-state index in [1.807, 2.05) is 48.7 Å². The second-order valence-electron chi connectivity index (χ2n) is 9.02. The van der Waals surface area contributed by atoms with Gasteiger partial charge in [-0.25, -0.2) is 17.5 Å². The standard InChI is InChI=1S/C24H29FN6O2S/c25-24-9-5-4-8-21(24)15-28-10-12-29(13-11-28)23-18-31(34(32,33)19-23)17-22-16-30(27-26-22)14-20-6-2-1-3-7-20/h1-9,16,23H,10-15,17-19H2. The van der Waals surface area contributed by atoms with Crippen molar-refractivity contribution >= 4 is 10.0 Å². The summed E-state index contributed by atoms with van der Waals surface area (Å²) in [6.07, 6.45) is 1.82. The fraction of sp³-hybridized carbons (Fsp3) is 0.417. The van der Waals surface area contributed by atoms with Crippen molar-refractivity contribution in [2.24, 2.45) is 0 Å². The van der Waals surface area contributed by atoms with E-state index >= 15 is 0 Å². The molecule has 2 aromatic carbocycles. The van der Waals surface area contributed by atoms with Gasteiger partial charge in [-0.05, 0) is 11.6 Å². The normalized spacial score (nSPS) is 21.7. The number of hydrogen-bond acceptors (Lipinski definition) is 6. The molecule has 2 aliphatic rings. The summed E-state index contributed by atoms with van der Waals surface area (Å²) in [5.74, 6) is -0.0542. The molecule has 1 aromatic heterocycles. The highest BCUT2D eigenvalue weighted by Crippen LogP contribution is 2.22. The van der Waals surface area contributed by atoms with Gasteiger partial charge in [0.2, 0.25) is 10.0 Å². The van der Waals surface area contributed by atoms with Crippen LogP contribution in [0.15, 0.2) is 60.8 Å². The molecule has 1 atom stereocenters. The Hall–Kier alpha value is -2.66. The van der Waals surface area contributed by atoms with Gasteiger partial charge >= 0.3 is 0 Å². The lowest BCUT2D eigenvalue weighted by atomic mass is 10.1. The van der Waals surface area contributed by atoms with E-state index in [9.17, 15) is 12.8 Å². The first kappa shape index (κ1) is 23.1. The van der Waals surface area contributed by atoms with Gasteiger partial charge in [-0.15, -0.1) is 5.10 Å². The van der Waals surface area contributed by atoms with Crippen molar-refractivity contribution < 1.29 is 12.8 Å². The number of aromatic nitrogens is 3. The summed E-state index contributed by atoms with van der Waals surface area (Å²) in [6, 6.07) is 16.8. The highest BCUT2D eigenvalue weighted by atomic mass is 32.2. The third-order valence-electron chi connectivity index (χ3n) is 6.60. The minimum atomic E-state index is -3.35. The second kappa shape index (κ2) is 9.91. The van der Waals surface area contributed by atoms with E-state index in [1.165, 1.54) is 10.4 Å². The van der Waals surface area contributed by atoms with Crippen molar-refractivity contribution in [1.29, 1.82) is 0 Å². The van der Waals surface area contributed by atoms with Crippen molar-refractivity contribution in [3.05, 3.63) is 83.4 Å². The summed E-state index contributed by atoms with van der Waals surface area (Å²) in [5, 5.41) is 8.35. The molecule has 3 aromatic rings. The first-order valence-electron chi connectivity index (χ1n) is 11.6. The molecule has 3 heterocycles. The van der Waals surface area contributed by atoms with E-state index in [0.29, 0.717) is 30.9 Å². The monoisotopic (exact) mass is 484 g/mol. The summed E-state index contributed by atoms with van der Waals surface area (Å²) in [6.45, 7) is 5.00. The van der Waals surface area contributed by atoms with Crippen LogP contribution in [-0.2, 0) is 29.7 Å². The molecule has 2 fully saturated rings. The van der Waals surface area contributed by atoms with Gasteiger partial charge in [0.25, 0.3) is 0 Å². The summed E-state index contributed by atoms with van der Waals surface area (Å²) in [4.78, 5) is 4.48. The van der Waals surface area contributed by atoms with Gasteiger partial charge in [0.05, 0.1) is 30.7 Å². The SMILES string of the molecule is O=S1(=O)CC(N2CCN(Cc3ccccc3F)CC2)CN1Cc1cn(Cc2ccccc2)nn1. The van der Waals surface area contributed by atoms with Crippen LogP contribution >= 0.6 is 0 Å². The smallest absolute Gasteiger partial charge is 0.216 e. The molecule has 10 heteroatoms. The summed E-state index contributed by atoms with van der Waals surface area (Å²) in [7, 11) is -3.35. The van der Waals surface area contributed by atoms with Gasteiger partial charge < -0.3 is 0 Å². The minimum absolute atomic E-state index is 0.0417. The van der Waals surface area contributed by atoms with E-state index < -0.39 is 10.0 Å². The molecular formula is C24H29FN6O2S. The van der Waals surface area contributed by atoms with Gasteiger partial charge in [-0.3, -0.25) is 9.80 Å². The first-order valence-corrected chi connectivity index (χ1v) is 13.2. The molecule has 34 heavy (non-hydrogen) atoms. The number of sulfonamides is 1. The van der Waals surface area contributed by atoms with Crippen LogP contribution in [0, 0.1) is 5.82 Å². The lowest BCUT2D eigenvalue weighted by Gasteiger charge is -2.37. The highest BCUT2D eigenvalue weighted by Gasteiger charge is 2.40. The van der Waals surface area contributed by atoms with Gasteiger partial charge in [0, 0.05) is 50.9 Å². The summed E-state index contributed by atoms with van der Waals surface area (Å²) in [5.41, 5.74) is 2.46. The molecule has 2 saturated heterocycles. The predicted octanol–water partition coefficient (Wildman–Crippen LogP) is 1.80. The zero-order valence-corrected chi connectivity index (χ0v) is 19.8. The predicted molar refractivity (Wildman–Crippen MR) is 127 cm³/mol. The maximum atomic E-state index is 14.0. The third-order valence-corrected chi connectivity index (χ3v) is 8.47. The van der Waals surface area contributed by atoms with Crippen molar-refractivity contribution in [3.63, 3.8) is 0 Å². The quantitative estimate of drug-likeness (QED) is 0.509.